The molecule has 1 atom stereocenters. The number of benzene rings is 2. The molecule has 0 bridgehead atoms. The van der Waals surface area contributed by atoms with E-state index in [0.29, 0.717) is 12.0 Å². The third-order valence-corrected chi connectivity index (χ3v) is 3.48. The van der Waals surface area contributed by atoms with Crippen LogP contribution in [0.3, 0.4) is 0 Å². The first kappa shape index (κ1) is 12.1. The lowest BCUT2D eigenvalue weighted by molar-refractivity contribution is 0.465. The summed E-state index contributed by atoms with van der Waals surface area (Å²) in [5.74, 6) is 0.560. The van der Waals surface area contributed by atoms with Crippen LogP contribution in [0.4, 0.5) is 0 Å². The van der Waals surface area contributed by atoms with Gasteiger partial charge in [0.05, 0.1) is 0 Å². The van der Waals surface area contributed by atoms with E-state index in [1.54, 1.807) is 0 Å². The Morgan fingerprint density at radius 3 is 2.47 bits per heavy atom. The molecule has 0 saturated carbocycles. The van der Waals surface area contributed by atoms with Crippen LogP contribution < -0.4 is 5.73 Å². The van der Waals surface area contributed by atoms with Crippen LogP contribution in [0, 0.1) is 5.92 Å². The molecule has 2 aromatic carbocycles. The minimum absolute atomic E-state index is 0.300. The van der Waals surface area contributed by atoms with Gasteiger partial charge in [-0.25, -0.2) is 0 Å². The highest BCUT2D eigenvalue weighted by molar-refractivity contribution is 5.85. The van der Waals surface area contributed by atoms with Gasteiger partial charge in [0.25, 0.3) is 0 Å². The molecule has 0 spiro atoms. The molecule has 0 aliphatic heterocycles. The van der Waals surface area contributed by atoms with Crippen LogP contribution in [0.15, 0.2) is 42.5 Å². The zero-order valence-corrected chi connectivity index (χ0v) is 10.7. The zero-order chi connectivity index (χ0) is 12.3. The third-order valence-electron chi connectivity index (χ3n) is 3.48. The maximum atomic E-state index is 6.11. The Kier molecular flexibility index (Phi) is 3.80. The van der Waals surface area contributed by atoms with Gasteiger partial charge < -0.3 is 5.73 Å². The van der Waals surface area contributed by atoms with Crippen LogP contribution in [0.2, 0.25) is 0 Å². The average Bonchev–Trinajstić information content (AvgIpc) is 2.35. The molecule has 1 heteroatoms. The van der Waals surface area contributed by atoms with Crippen LogP contribution in [0.25, 0.3) is 10.8 Å². The van der Waals surface area contributed by atoms with Crippen molar-refractivity contribution >= 4 is 10.8 Å². The fourth-order valence-corrected chi connectivity index (χ4v) is 2.17. The summed E-state index contributed by atoms with van der Waals surface area (Å²) in [6.07, 6.45) is 2.13. The maximum Gasteiger partial charge on any atom is 0.00650 e. The van der Waals surface area contributed by atoms with E-state index in [4.69, 9.17) is 5.73 Å². The molecule has 0 aromatic heterocycles. The fraction of sp³-hybridized carbons (Fsp3) is 0.375. The average molecular weight is 227 g/mol. The summed E-state index contributed by atoms with van der Waals surface area (Å²) < 4.78 is 0. The SMILES string of the molecule is CC(C)C(N)CCc1cccc2ccccc12. The highest BCUT2D eigenvalue weighted by atomic mass is 14.6. The summed E-state index contributed by atoms with van der Waals surface area (Å²) in [7, 11) is 0. The Bertz CT molecular complexity index is 482. The standard InChI is InChI=1S/C16H21N/c1-12(2)16(17)11-10-14-8-5-7-13-6-3-4-9-15(13)14/h3-9,12,16H,10-11,17H2,1-2H3. The second-order valence-electron chi connectivity index (χ2n) is 5.08. The maximum absolute atomic E-state index is 6.11. The molecule has 1 unspecified atom stereocenters. The first-order valence-corrected chi connectivity index (χ1v) is 6.40. The van der Waals surface area contributed by atoms with Gasteiger partial charge >= 0.3 is 0 Å². The zero-order valence-electron chi connectivity index (χ0n) is 10.7. The van der Waals surface area contributed by atoms with Crippen LogP contribution in [0.5, 0.6) is 0 Å². The van der Waals surface area contributed by atoms with E-state index in [1.165, 1.54) is 16.3 Å². The molecule has 0 fully saturated rings. The molecule has 0 radical (unpaired) electrons. The van der Waals surface area contributed by atoms with E-state index in [-0.39, 0.29) is 0 Å². The summed E-state index contributed by atoms with van der Waals surface area (Å²) in [6.45, 7) is 4.38. The number of nitrogens with two attached hydrogens (primary N) is 1. The van der Waals surface area contributed by atoms with Crippen LogP contribution in [0.1, 0.15) is 25.8 Å². The van der Waals surface area contributed by atoms with Crippen molar-refractivity contribution < 1.29 is 0 Å². The van der Waals surface area contributed by atoms with Crippen LogP contribution in [-0.4, -0.2) is 6.04 Å². The van der Waals surface area contributed by atoms with Gasteiger partial charge in [-0.05, 0) is 35.1 Å². The molecular weight excluding hydrogens is 206 g/mol. The number of rotatable bonds is 4. The van der Waals surface area contributed by atoms with Gasteiger partial charge in [0.2, 0.25) is 0 Å². The number of aryl methyl sites for hydroxylation is 1. The Labute approximate surface area is 104 Å². The molecule has 2 rings (SSSR count). The van der Waals surface area contributed by atoms with Gasteiger partial charge in [0.1, 0.15) is 0 Å². The van der Waals surface area contributed by atoms with Crippen molar-refractivity contribution in [3.8, 4) is 0 Å². The van der Waals surface area contributed by atoms with Crippen LogP contribution >= 0.6 is 0 Å². The quantitative estimate of drug-likeness (QED) is 0.845. The van der Waals surface area contributed by atoms with Gasteiger partial charge in [0.15, 0.2) is 0 Å². The van der Waals surface area contributed by atoms with E-state index < -0.39 is 0 Å². The largest absolute Gasteiger partial charge is 0.327 e. The van der Waals surface area contributed by atoms with E-state index in [1.807, 2.05) is 0 Å². The van der Waals surface area contributed by atoms with Crippen molar-refractivity contribution in [2.45, 2.75) is 32.7 Å². The molecule has 1 nitrogen and oxygen atoms in total. The minimum atomic E-state index is 0.300. The number of fused-ring (bicyclic) bond motifs is 1. The predicted molar refractivity (Wildman–Crippen MR) is 75.1 cm³/mol. The second-order valence-corrected chi connectivity index (χ2v) is 5.08. The lowest BCUT2D eigenvalue weighted by Gasteiger charge is -2.15. The normalized spacial score (nSPS) is 13.2. The number of hydrogen-bond donors (Lipinski definition) is 1. The molecule has 2 N–H and O–H groups in total. The second kappa shape index (κ2) is 5.33. The van der Waals surface area contributed by atoms with Crippen molar-refractivity contribution in [1.29, 1.82) is 0 Å². The van der Waals surface area contributed by atoms with Crippen molar-refractivity contribution in [3.63, 3.8) is 0 Å². The molecule has 17 heavy (non-hydrogen) atoms. The molecule has 0 aliphatic rings. The molecule has 2 aromatic rings. The van der Waals surface area contributed by atoms with Crippen molar-refractivity contribution in [2.75, 3.05) is 0 Å². The number of hydrogen-bond acceptors (Lipinski definition) is 1. The van der Waals surface area contributed by atoms with Crippen LogP contribution in [-0.2, 0) is 6.42 Å². The topological polar surface area (TPSA) is 26.0 Å². The molecular formula is C16H21N. The Morgan fingerprint density at radius 1 is 1.00 bits per heavy atom. The van der Waals surface area contributed by atoms with E-state index >= 15 is 0 Å². The monoisotopic (exact) mass is 227 g/mol. The summed E-state index contributed by atoms with van der Waals surface area (Å²) in [5, 5.41) is 2.69. The molecule has 0 amide bonds. The van der Waals surface area contributed by atoms with Crippen molar-refractivity contribution in [2.24, 2.45) is 11.7 Å². The van der Waals surface area contributed by atoms with Gasteiger partial charge in [-0.15, -0.1) is 0 Å². The molecule has 0 aliphatic carbocycles. The smallest absolute Gasteiger partial charge is 0.00650 e. The lowest BCUT2D eigenvalue weighted by atomic mass is 9.95. The van der Waals surface area contributed by atoms with Crippen molar-refractivity contribution in [1.82, 2.24) is 0 Å². The van der Waals surface area contributed by atoms with Gasteiger partial charge in [0, 0.05) is 6.04 Å². The minimum Gasteiger partial charge on any atom is -0.327 e. The highest BCUT2D eigenvalue weighted by Gasteiger charge is 2.08. The molecule has 90 valence electrons. The predicted octanol–water partition coefficient (Wildman–Crippen LogP) is 3.76. The summed E-state index contributed by atoms with van der Waals surface area (Å²) in [5.41, 5.74) is 7.52. The third kappa shape index (κ3) is 2.86. The van der Waals surface area contributed by atoms with Gasteiger partial charge in [-0.2, -0.15) is 0 Å². The Balaban J connectivity index is 2.19. The van der Waals surface area contributed by atoms with E-state index in [2.05, 4.69) is 56.3 Å². The molecule has 0 heterocycles. The lowest BCUT2D eigenvalue weighted by Crippen LogP contribution is -2.26. The Hall–Kier alpha value is -1.34. The summed E-state index contributed by atoms with van der Waals surface area (Å²) in [6, 6.07) is 15.4. The van der Waals surface area contributed by atoms with Crippen molar-refractivity contribution in [3.05, 3.63) is 48.0 Å². The summed E-state index contributed by atoms with van der Waals surface area (Å²) >= 11 is 0. The van der Waals surface area contributed by atoms with Gasteiger partial charge in [-0.1, -0.05) is 56.3 Å². The highest BCUT2D eigenvalue weighted by Crippen LogP contribution is 2.20. The van der Waals surface area contributed by atoms with E-state index in [9.17, 15) is 0 Å². The first-order chi connectivity index (χ1) is 8.18. The van der Waals surface area contributed by atoms with E-state index in [0.717, 1.165) is 12.8 Å². The fourth-order valence-electron chi connectivity index (χ4n) is 2.17. The Morgan fingerprint density at radius 2 is 1.71 bits per heavy atom. The first-order valence-electron chi connectivity index (χ1n) is 6.40. The van der Waals surface area contributed by atoms with Gasteiger partial charge in [-0.3, -0.25) is 0 Å². The molecule has 0 saturated heterocycles. The summed E-state index contributed by atoms with van der Waals surface area (Å²) in [4.78, 5) is 0.